The molecule has 2 aromatic carbocycles. The van der Waals surface area contributed by atoms with E-state index < -0.39 is 5.41 Å². The Balaban J connectivity index is 1.47. The number of rotatable bonds is 8. The molecule has 0 unspecified atom stereocenters. The largest absolute Gasteiger partial charge is 0.497 e. The molecule has 0 aliphatic carbocycles. The zero-order chi connectivity index (χ0) is 21.5. The Morgan fingerprint density at radius 2 is 1.77 bits per heavy atom. The molecule has 5 heteroatoms. The van der Waals surface area contributed by atoms with Crippen LogP contribution in [0.3, 0.4) is 0 Å². The highest BCUT2D eigenvalue weighted by Gasteiger charge is 2.40. The van der Waals surface area contributed by atoms with Crippen LogP contribution >= 0.6 is 0 Å². The Bertz CT molecular complexity index is 870. The molecule has 2 aliphatic heterocycles. The molecule has 1 N–H and O–H groups in total. The molecule has 5 nitrogen and oxygen atoms in total. The van der Waals surface area contributed by atoms with Crippen molar-refractivity contribution in [3.63, 3.8) is 0 Å². The van der Waals surface area contributed by atoms with E-state index >= 15 is 0 Å². The van der Waals surface area contributed by atoms with Crippen LogP contribution in [0.5, 0.6) is 5.75 Å². The van der Waals surface area contributed by atoms with Crippen LogP contribution in [-0.4, -0.2) is 57.3 Å². The Hall–Kier alpha value is -2.37. The topological polar surface area (TPSA) is 50.8 Å². The van der Waals surface area contributed by atoms with Crippen molar-refractivity contribution < 1.29 is 14.3 Å². The molecule has 2 fully saturated rings. The Morgan fingerprint density at radius 3 is 2.52 bits per heavy atom. The molecular weight excluding hydrogens is 388 g/mol. The molecule has 2 saturated heterocycles. The van der Waals surface area contributed by atoms with Gasteiger partial charge in [-0.15, -0.1) is 0 Å². The first-order valence-electron chi connectivity index (χ1n) is 11.5. The van der Waals surface area contributed by atoms with Gasteiger partial charge in [-0.3, -0.25) is 4.79 Å². The number of benzene rings is 2. The quantitative estimate of drug-likeness (QED) is 0.701. The second kappa shape index (κ2) is 10.3. The molecule has 2 aliphatic rings. The molecule has 4 rings (SSSR count). The van der Waals surface area contributed by atoms with Crippen molar-refractivity contribution in [3.8, 4) is 16.9 Å². The molecule has 1 amide bonds. The zero-order valence-electron chi connectivity index (χ0n) is 18.6. The van der Waals surface area contributed by atoms with Gasteiger partial charge in [0.05, 0.1) is 12.5 Å². The third-order valence-corrected chi connectivity index (χ3v) is 6.72. The van der Waals surface area contributed by atoms with Gasteiger partial charge < -0.3 is 19.7 Å². The third-order valence-electron chi connectivity index (χ3n) is 6.72. The van der Waals surface area contributed by atoms with Crippen LogP contribution in [0.15, 0.2) is 48.5 Å². The normalized spacial score (nSPS) is 18.6. The Labute approximate surface area is 185 Å². The average molecular weight is 423 g/mol. The van der Waals surface area contributed by atoms with Gasteiger partial charge in [0.25, 0.3) is 0 Å². The highest BCUT2D eigenvalue weighted by Crippen LogP contribution is 2.36. The lowest BCUT2D eigenvalue weighted by atomic mass is 9.74. The maximum Gasteiger partial charge on any atom is 0.226 e. The number of likely N-dealkylation sites (tertiary alicyclic amines) is 1. The summed E-state index contributed by atoms with van der Waals surface area (Å²) >= 11 is 0. The summed E-state index contributed by atoms with van der Waals surface area (Å²) in [5.41, 5.74) is 3.07. The SMILES string of the molecule is COc1cccc(-c2cccc(CC3(C(=O)NCCN4CCCC4)CCOCC3)c2)c1. The lowest BCUT2D eigenvalue weighted by Gasteiger charge is -2.36. The number of hydrogen-bond acceptors (Lipinski definition) is 4. The first-order valence-corrected chi connectivity index (χ1v) is 11.5. The van der Waals surface area contributed by atoms with Crippen LogP contribution in [0.25, 0.3) is 11.1 Å². The maximum absolute atomic E-state index is 13.3. The lowest BCUT2D eigenvalue weighted by molar-refractivity contribution is -0.136. The van der Waals surface area contributed by atoms with Gasteiger partial charge in [-0.2, -0.15) is 0 Å². The van der Waals surface area contributed by atoms with E-state index in [2.05, 4.69) is 40.5 Å². The summed E-state index contributed by atoms with van der Waals surface area (Å²) in [5.74, 6) is 1.03. The predicted molar refractivity (Wildman–Crippen MR) is 123 cm³/mol. The van der Waals surface area contributed by atoms with Crippen LogP contribution in [-0.2, 0) is 16.0 Å². The molecule has 0 spiro atoms. The number of methoxy groups -OCH3 is 1. The van der Waals surface area contributed by atoms with E-state index in [0.717, 1.165) is 62.3 Å². The summed E-state index contributed by atoms with van der Waals surface area (Å²) in [6.07, 6.45) is 4.83. The molecule has 0 aromatic heterocycles. The minimum Gasteiger partial charge on any atom is -0.497 e. The molecule has 31 heavy (non-hydrogen) atoms. The van der Waals surface area contributed by atoms with Gasteiger partial charge in [-0.1, -0.05) is 36.4 Å². The standard InChI is InChI=1S/C26H34N2O3/c1-30-24-9-5-8-23(19-24)22-7-4-6-21(18-22)20-26(10-16-31-17-11-26)25(29)27-12-15-28-13-2-3-14-28/h4-9,18-19H,2-3,10-17,20H2,1H3,(H,27,29). The van der Waals surface area contributed by atoms with E-state index in [4.69, 9.17) is 9.47 Å². The minimum absolute atomic E-state index is 0.182. The highest BCUT2D eigenvalue weighted by atomic mass is 16.5. The number of carbonyl (C=O) groups is 1. The van der Waals surface area contributed by atoms with Crippen molar-refractivity contribution >= 4 is 5.91 Å². The van der Waals surface area contributed by atoms with E-state index in [1.807, 2.05) is 18.2 Å². The Morgan fingerprint density at radius 1 is 1.06 bits per heavy atom. The number of nitrogens with zero attached hydrogens (tertiary/aromatic N) is 1. The summed E-state index contributed by atoms with van der Waals surface area (Å²) < 4.78 is 11.0. The average Bonchev–Trinajstić information content (AvgIpc) is 3.33. The van der Waals surface area contributed by atoms with E-state index in [9.17, 15) is 4.79 Å². The molecular formula is C26H34N2O3. The van der Waals surface area contributed by atoms with Crippen LogP contribution in [0.1, 0.15) is 31.2 Å². The summed E-state index contributed by atoms with van der Waals surface area (Å²) in [6, 6.07) is 16.7. The third kappa shape index (κ3) is 5.46. The van der Waals surface area contributed by atoms with Crippen LogP contribution in [0.2, 0.25) is 0 Å². The van der Waals surface area contributed by atoms with Gasteiger partial charge >= 0.3 is 0 Å². The van der Waals surface area contributed by atoms with Crippen molar-refractivity contribution in [1.29, 1.82) is 0 Å². The highest BCUT2D eigenvalue weighted by molar-refractivity contribution is 5.83. The first kappa shape index (κ1) is 21.8. The van der Waals surface area contributed by atoms with Gasteiger partial charge in [0.2, 0.25) is 5.91 Å². The lowest BCUT2D eigenvalue weighted by Crippen LogP contribution is -2.47. The smallest absolute Gasteiger partial charge is 0.226 e. The van der Waals surface area contributed by atoms with Crippen LogP contribution < -0.4 is 10.1 Å². The van der Waals surface area contributed by atoms with E-state index in [-0.39, 0.29) is 5.91 Å². The van der Waals surface area contributed by atoms with Crippen LogP contribution in [0, 0.1) is 5.41 Å². The van der Waals surface area contributed by atoms with E-state index in [1.165, 1.54) is 18.4 Å². The predicted octanol–water partition coefficient (Wildman–Crippen LogP) is 3.91. The van der Waals surface area contributed by atoms with Crippen molar-refractivity contribution in [2.45, 2.75) is 32.1 Å². The van der Waals surface area contributed by atoms with Crippen molar-refractivity contribution in [2.24, 2.45) is 5.41 Å². The van der Waals surface area contributed by atoms with Gasteiger partial charge in [0, 0.05) is 26.3 Å². The zero-order valence-corrected chi connectivity index (χ0v) is 18.6. The molecule has 2 heterocycles. The van der Waals surface area contributed by atoms with Crippen LogP contribution in [0.4, 0.5) is 0 Å². The summed E-state index contributed by atoms with van der Waals surface area (Å²) in [4.78, 5) is 15.8. The van der Waals surface area contributed by atoms with Gasteiger partial charge in [0.15, 0.2) is 0 Å². The monoisotopic (exact) mass is 422 g/mol. The van der Waals surface area contributed by atoms with Gasteiger partial charge in [-0.25, -0.2) is 0 Å². The summed E-state index contributed by atoms with van der Waals surface area (Å²) in [5, 5.41) is 3.25. The summed E-state index contributed by atoms with van der Waals surface area (Å²) in [6.45, 7) is 5.29. The molecule has 0 saturated carbocycles. The summed E-state index contributed by atoms with van der Waals surface area (Å²) in [7, 11) is 1.69. The Kier molecular flexibility index (Phi) is 7.25. The van der Waals surface area contributed by atoms with Gasteiger partial charge in [-0.05, 0) is 74.0 Å². The number of carbonyl (C=O) groups excluding carboxylic acids is 1. The number of amides is 1. The van der Waals surface area contributed by atoms with E-state index in [0.29, 0.717) is 13.2 Å². The number of nitrogens with one attached hydrogen (secondary N) is 1. The van der Waals surface area contributed by atoms with Crippen molar-refractivity contribution in [3.05, 3.63) is 54.1 Å². The van der Waals surface area contributed by atoms with E-state index in [1.54, 1.807) is 7.11 Å². The number of ether oxygens (including phenoxy) is 2. The van der Waals surface area contributed by atoms with Gasteiger partial charge in [0.1, 0.15) is 5.75 Å². The fraction of sp³-hybridized carbons (Fsp3) is 0.500. The molecule has 0 radical (unpaired) electrons. The number of hydrogen-bond donors (Lipinski definition) is 1. The second-order valence-corrected chi connectivity index (χ2v) is 8.81. The first-order chi connectivity index (χ1) is 15.2. The second-order valence-electron chi connectivity index (χ2n) is 8.81. The van der Waals surface area contributed by atoms with Crippen molar-refractivity contribution in [1.82, 2.24) is 10.2 Å². The molecule has 0 atom stereocenters. The fourth-order valence-corrected chi connectivity index (χ4v) is 4.82. The molecule has 166 valence electrons. The molecule has 0 bridgehead atoms. The maximum atomic E-state index is 13.3. The minimum atomic E-state index is -0.393. The molecule has 2 aromatic rings. The van der Waals surface area contributed by atoms with Crippen molar-refractivity contribution in [2.75, 3.05) is 46.5 Å². The fourth-order valence-electron chi connectivity index (χ4n) is 4.82.